The second-order valence-corrected chi connectivity index (χ2v) is 8.35. The number of rotatable bonds is 9. The highest BCUT2D eigenvalue weighted by Crippen LogP contribution is 2.21. The number of nitrogens with one attached hydrogen (secondary N) is 2. The summed E-state index contributed by atoms with van der Waals surface area (Å²) in [6, 6.07) is 2.60. The van der Waals surface area contributed by atoms with Gasteiger partial charge in [0.1, 0.15) is 6.04 Å². The summed E-state index contributed by atoms with van der Waals surface area (Å²) in [4.78, 5) is 23.4. The molecular weight excluding hydrogens is 356 g/mol. The smallest absolute Gasteiger partial charge is 0.326 e. The Bertz CT molecular complexity index is 751. The zero-order valence-corrected chi connectivity index (χ0v) is 16.7. The van der Waals surface area contributed by atoms with Gasteiger partial charge < -0.3 is 10.4 Å². The molecule has 1 aromatic carbocycles. The van der Waals surface area contributed by atoms with E-state index in [1.807, 2.05) is 13.8 Å². The quantitative estimate of drug-likeness (QED) is 0.602. The second kappa shape index (κ2) is 9.14. The molecule has 2 atom stereocenters. The number of carbonyl (C=O) groups is 2. The third kappa shape index (κ3) is 5.81. The minimum Gasteiger partial charge on any atom is -0.480 e. The minimum absolute atomic E-state index is 0.103. The standard InChI is InChI=1S/C18H28N2O5S/c1-6-12(3)16(18(22)23)20-15(21)7-8-19-26(24,25)17-13(4)9-11(2)10-14(17)5/h9-10,12,16,19H,6-8H2,1-5H3,(H,20,21)(H,22,23). The van der Waals surface area contributed by atoms with Crippen LogP contribution in [0.15, 0.2) is 17.0 Å². The van der Waals surface area contributed by atoms with Crippen LogP contribution in [0.25, 0.3) is 0 Å². The van der Waals surface area contributed by atoms with Crippen LogP contribution in [0.2, 0.25) is 0 Å². The van der Waals surface area contributed by atoms with Gasteiger partial charge in [0.2, 0.25) is 15.9 Å². The number of aliphatic carboxylic acids is 1. The van der Waals surface area contributed by atoms with Crippen molar-refractivity contribution in [3.05, 3.63) is 28.8 Å². The Kier molecular flexibility index (Phi) is 7.77. The predicted octanol–water partition coefficient (Wildman–Crippen LogP) is 1.90. The Morgan fingerprint density at radius 1 is 1.15 bits per heavy atom. The Balaban J connectivity index is 2.72. The second-order valence-electron chi connectivity index (χ2n) is 6.64. The molecule has 0 fully saturated rings. The summed E-state index contributed by atoms with van der Waals surface area (Å²) in [6.45, 7) is 8.83. The molecule has 7 nitrogen and oxygen atoms in total. The van der Waals surface area contributed by atoms with Crippen molar-refractivity contribution in [2.24, 2.45) is 5.92 Å². The van der Waals surface area contributed by atoms with E-state index in [9.17, 15) is 23.1 Å². The van der Waals surface area contributed by atoms with Crippen LogP contribution in [-0.4, -0.2) is 38.0 Å². The van der Waals surface area contributed by atoms with Crippen molar-refractivity contribution in [1.82, 2.24) is 10.0 Å². The molecule has 1 rings (SSSR count). The zero-order chi connectivity index (χ0) is 20.1. The lowest BCUT2D eigenvalue weighted by Crippen LogP contribution is -2.45. The van der Waals surface area contributed by atoms with E-state index >= 15 is 0 Å². The molecule has 0 aromatic heterocycles. The van der Waals surface area contributed by atoms with Gasteiger partial charge in [-0.25, -0.2) is 17.9 Å². The number of hydrogen-bond donors (Lipinski definition) is 3. The van der Waals surface area contributed by atoms with Crippen molar-refractivity contribution in [2.75, 3.05) is 6.54 Å². The number of carbonyl (C=O) groups excluding carboxylic acids is 1. The van der Waals surface area contributed by atoms with Crippen LogP contribution in [0.1, 0.15) is 43.4 Å². The highest BCUT2D eigenvalue weighted by atomic mass is 32.2. The van der Waals surface area contributed by atoms with Gasteiger partial charge in [0.25, 0.3) is 0 Å². The molecule has 0 aliphatic rings. The molecule has 0 saturated heterocycles. The fourth-order valence-corrected chi connectivity index (χ4v) is 4.37. The molecule has 26 heavy (non-hydrogen) atoms. The average molecular weight is 384 g/mol. The fraction of sp³-hybridized carbons (Fsp3) is 0.556. The molecule has 1 amide bonds. The number of hydrogen-bond acceptors (Lipinski definition) is 4. The number of sulfonamides is 1. The first-order chi connectivity index (χ1) is 12.0. The maximum Gasteiger partial charge on any atom is 0.326 e. The van der Waals surface area contributed by atoms with Crippen molar-refractivity contribution in [3.63, 3.8) is 0 Å². The Labute approximate surface area is 155 Å². The van der Waals surface area contributed by atoms with E-state index in [2.05, 4.69) is 10.0 Å². The van der Waals surface area contributed by atoms with Gasteiger partial charge in [-0.05, 0) is 37.8 Å². The van der Waals surface area contributed by atoms with Crippen LogP contribution in [-0.2, 0) is 19.6 Å². The molecule has 146 valence electrons. The van der Waals surface area contributed by atoms with Gasteiger partial charge in [-0.1, -0.05) is 38.0 Å². The van der Waals surface area contributed by atoms with E-state index in [0.29, 0.717) is 17.5 Å². The average Bonchev–Trinajstić information content (AvgIpc) is 2.49. The van der Waals surface area contributed by atoms with Crippen molar-refractivity contribution in [2.45, 2.75) is 58.4 Å². The summed E-state index contributed by atoms with van der Waals surface area (Å²) in [5, 5.41) is 11.6. The Hall–Kier alpha value is -1.93. The number of carboxylic acids is 1. The zero-order valence-electron chi connectivity index (χ0n) is 15.9. The van der Waals surface area contributed by atoms with Gasteiger partial charge in [0.05, 0.1) is 4.90 Å². The third-order valence-electron chi connectivity index (χ3n) is 4.31. The van der Waals surface area contributed by atoms with E-state index in [0.717, 1.165) is 5.56 Å². The Morgan fingerprint density at radius 3 is 2.15 bits per heavy atom. The number of amides is 1. The van der Waals surface area contributed by atoms with E-state index in [1.165, 1.54) is 0 Å². The van der Waals surface area contributed by atoms with Gasteiger partial charge in [-0.3, -0.25) is 4.79 Å². The summed E-state index contributed by atoms with van der Waals surface area (Å²) < 4.78 is 27.4. The summed E-state index contributed by atoms with van der Waals surface area (Å²) in [6.07, 6.45) is 0.471. The van der Waals surface area contributed by atoms with Gasteiger partial charge >= 0.3 is 5.97 Å². The molecule has 0 spiro atoms. The first-order valence-electron chi connectivity index (χ1n) is 8.59. The lowest BCUT2D eigenvalue weighted by Gasteiger charge is -2.20. The molecule has 0 bridgehead atoms. The monoisotopic (exact) mass is 384 g/mol. The molecule has 2 unspecified atom stereocenters. The summed E-state index contributed by atoms with van der Waals surface area (Å²) in [7, 11) is -3.75. The van der Waals surface area contributed by atoms with Gasteiger partial charge in [0.15, 0.2) is 0 Å². The lowest BCUT2D eigenvalue weighted by molar-refractivity contribution is -0.143. The van der Waals surface area contributed by atoms with E-state index in [1.54, 1.807) is 32.9 Å². The maximum absolute atomic E-state index is 12.5. The highest BCUT2D eigenvalue weighted by Gasteiger charge is 2.25. The molecule has 0 saturated carbocycles. The topological polar surface area (TPSA) is 113 Å². The van der Waals surface area contributed by atoms with Crippen LogP contribution in [0.3, 0.4) is 0 Å². The lowest BCUT2D eigenvalue weighted by atomic mass is 9.99. The molecular formula is C18H28N2O5S. The fourth-order valence-electron chi connectivity index (χ4n) is 2.89. The van der Waals surface area contributed by atoms with Crippen molar-refractivity contribution >= 4 is 21.9 Å². The molecule has 0 radical (unpaired) electrons. The van der Waals surface area contributed by atoms with Crippen molar-refractivity contribution in [1.29, 1.82) is 0 Å². The van der Waals surface area contributed by atoms with Crippen LogP contribution >= 0.6 is 0 Å². The molecule has 1 aromatic rings. The molecule has 0 aliphatic heterocycles. The number of aryl methyl sites for hydroxylation is 3. The SMILES string of the molecule is CCC(C)C(NC(=O)CCNS(=O)(=O)c1c(C)cc(C)cc1C)C(=O)O. The summed E-state index contributed by atoms with van der Waals surface area (Å²) in [5.41, 5.74) is 2.26. The van der Waals surface area contributed by atoms with E-state index in [-0.39, 0.29) is 23.8 Å². The van der Waals surface area contributed by atoms with Crippen LogP contribution in [0.4, 0.5) is 0 Å². The summed E-state index contributed by atoms with van der Waals surface area (Å²) >= 11 is 0. The van der Waals surface area contributed by atoms with Gasteiger partial charge in [-0.2, -0.15) is 0 Å². The van der Waals surface area contributed by atoms with Crippen LogP contribution in [0.5, 0.6) is 0 Å². The molecule has 0 heterocycles. The summed E-state index contributed by atoms with van der Waals surface area (Å²) in [5.74, 6) is -1.82. The van der Waals surface area contributed by atoms with Gasteiger partial charge in [0, 0.05) is 13.0 Å². The Morgan fingerprint density at radius 2 is 1.69 bits per heavy atom. The molecule has 8 heteroatoms. The number of benzene rings is 1. The highest BCUT2D eigenvalue weighted by molar-refractivity contribution is 7.89. The largest absolute Gasteiger partial charge is 0.480 e. The normalized spacial score (nSPS) is 13.9. The van der Waals surface area contributed by atoms with Crippen molar-refractivity contribution < 1.29 is 23.1 Å². The molecule has 3 N–H and O–H groups in total. The first kappa shape index (κ1) is 22.1. The molecule has 0 aliphatic carbocycles. The van der Waals surface area contributed by atoms with Crippen LogP contribution in [0, 0.1) is 26.7 Å². The third-order valence-corrected chi connectivity index (χ3v) is 6.08. The van der Waals surface area contributed by atoms with E-state index in [4.69, 9.17) is 0 Å². The maximum atomic E-state index is 12.5. The first-order valence-corrected chi connectivity index (χ1v) is 10.1. The van der Waals surface area contributed by atoms with E-state index < -0.39 is 27.9 Å². The minimum atomic E-state index is -3.75. The predicted molar refractivity (Wildman–Crippen MR) is 99.5 cm³/mol. The number of carboxylic acid groups (broad SMARTS) is 1. The van der Waals surface area contributed by atoms with Gasteiger partial charge in [-0.15, -0.1) is 0 Å². The van der Waals surface area contributed by atoms with Crippen LogP contribution < -0.4 is 10.0 Å². The van der Waals surface area contributed by atoms with Crippen molar-refractivity contribution in [3.8, 4) is 0 Å².